The third kappa shape index (κ3) is 3.70. The van der Waals surface area contributed by atoms with E-state index in [-0.39, 0.29) is 17.7 Å². The maximum atomic E-state index is 12.3. The maximum absolute atomic E-state index is 12.3. The van der Waals surface area contributed by atoms with Gasteiger partial charge in [0.2, 0.25) is 11.8 Å². The number of amides is 1. The number of carbonyl (C=O) groups excluding carboxylic acids is 1. The van der Waals surface area contributed by atoms with Crippen LogP contribution >= 0.6 is 0 Å². The first-order chi connectivity index (χ1) is 11.1. The molecule has 0 bridgehead atoms. The number of aromatic nitrogens is 2. The van der Waals surface area contributed by atoms with Gasteiger partial charge in [-0.25, -0.2) is 0 Å². The molecule has 6 nitrogen and oxygen atoms in total. The summed E-state index contributed by atoms with van der Waals surface area (Å²) in [5, 5.41) is 6.83. The van der Waals surface area contributed by atoms with Crippen LogP contribution in [0.2, 0.25) is 0 Å². The highest BCUT2D eigenvalue weighted by molar-refractivity contribution is 5.79. The number of ether oxygens (including phenoxy) is 1. The normalized spacial score (nSPS) is 16.7. The van der Waals surface area contributed by atoms with Crippen LogP contribution in [-0.2, 0) is 17.6 Å². The van der Waals surface area contributed by atoms with E-state index in [1.807, 2.05) is 38.1 Å². The van der Waals surface area contributed by atoms with Crippen molar-refractivity contribution in [1.82, 2.24) is 15.5 Å². The molecule has 1 atom stereocenters. The number of carbonyl (C=O) groups is 1. The minimum Gasteiger partial charge on any atom is -0.492 e. The van der Waals surface area contributed by atoms with Gasteiger partial charge in [0.15, 0.2) is 5.82 Å². The zero-order valence-electron chi connectivity index (χ0n) is 13.4. The van der Waals surface area contributed by atoms with Crippen LogP contribution in [0, 0.1) is 5.92 Å². The molecule has 6 heteroatoms. The Morgan fingerprint density at radius 3 is 3.00 bits per heavy atom. The summed E-state index contributed by atoms with van der Waals surface area (Å²) in [6.45, 7) is 4.92. The summed E-state index contributed by atoms with van der Waals surface area (Å²) in [4.78, 5) is 16.5. The van der Waals surface area contributed by atoms with Crippen LogP contribution in [0.3, 0.4) is 0 Å². The average molecular weight is 315 g/mol. The molecule has 0 unspecified atom stereocenters. The fourth-order valence-corrected chi connectivity index (χ4v) is 2.54. The Hall–Kier alpha value is -2.37. The molecular weight excluding hydrogens is 294 g/mol. The van der Waals surface area contributed by atoms with Crippen LogP contribution in [0.25, 0.3) is 0 Å². The van der Waals surface area contributed by atoms with Gasteiger partial charge < -0.3 is 14.6 Å². The minimum absolute atomic E-state index is 0.00287. The maximum Gasteiger partial charge on any atom is 0.228 e. The van der Waals surface area contributed by atoms with E-state index in [1.54, 1.807) is 0 Å². The molecule has 1 aromatic heterocycles. The van der Waals surface area contributed by atoms with Crippen molar-refractivity contribution in [3.63, 3.8) is 0 Å². The molecule has 1 amide bonds. The lowest BCUT2D eigenvalue weighted by Crippen LogP contribution is -2.38. The molecule has 1 aliphatic rings. The molecule has 0 fully saturated rings. The zero-order chi connectivity index (χ0) is 16.2. The third-order valence-corrected chi connectivity index (χ3v) is 3.89. The van der Waals surface area contributed by atoms with Gasteiger partial charge in [0.05, 0.1) is 5.92 Å². The van der Waals surface area contributed by atoms with E-state index in [1.165, 1.54) is 0 Å². The van der Waals surface area contributed by atoms with Gasteiger partial charge in [0, 0.05) is 18.9 Å². The predicted molar refractivity (Wildman–Crippen MR) is 84.2 cm³/mol. The van der Waals surface area contributed by atoms with Crippen molar-refractivity contribution >= 4 is 5.91 Å². The number of rotatable bonds is 5. The Morgan fingerprint density at radius 2 is 2.22 bits per heavy atom. The number of nitrogens with one attached hydrogen (secondary N) is 1. The summed E-state index contributed by atoms with van der Waals surface area (Å²) in [7, 11) is 0. The summed E-state index contributed by atoms with van der Waals surface area (Å²) in [5.74, 6) is 2.22. The second kappa shape index (κ2) is 6.81. The first kappa shape index (κ1) is 15.5. The highest BCUT2D eigenvalue weighted by atomic mass is 16.5. The Bertz CT molecular complexity index is 681. The molecule has 0 aliphatic carbocycles. The van der Waals surface area contributed by atoms with Gasteiger partial charge in [-0.1, -0.05) is 37.2 Å². The van der Waals surface area contributed by atoms with Gasteiger partial charge in [-0.05, 0) is 18.1 Å². The van der Waals surface area contributed by atoms with Crippen LogP contribution in [0.4, 0.5) is 0 Å². The summed E-state index contributed by atoms with van der Waals surface area (Å²) < 4.78 is 10.8. The Labute approximate surface area is 135 Å². The van der Waals surface area contributed by atoms with E-state index in [0.29, 0.717) is 37.7 Å². The average Bonchev–Trinajstić information content (AvgIpc) is 3.03. The van der Waals surface area contributed by atoms with Crippen LogP contribution in [0.5, 0.6) is 5.75 Å². The first-order valence-electron chi connectivity index (χ1n) is 7.94. The first-order valence-corrected chi connectivity index (χ1v) is 7.94. The Balaban J connectivity index is 1.48. The molecule has 122 valence electrons. The lowest BCUT2D eigenvalue weighted by atomic mass is 9.96. The number of hydrogen-bond acceptors (Lipinski definition) is 5. The van der Waals surface area contributed by atoms with E-state index in [2.05, 4.69) is 15.5 Å². The second-order valence-corrected chi connectivity index (χ2v) is 6.06. The lowest BCUT2D eigenvalue weighted by Gasteiger charge is -2.24. The van der Waals surface area contributed by atoms with Crippen molar-refractivity contribution in [2.45, 2.75) is 32.6 Å². The minimum atomic E-state index is -0.154. The molecular formula is C17H21N3O3. The quantitative estimate of drug-likeness (QED) is 0.914. The van der Waals surface area contributed by atoms with Crippen molar-refractivity contribution in [3.05, 3.63) is 41.5 Å². The predicted octanol–water partition coefficient (Wildman–Crippen LogP) is 2.10. The highest BCUT2D eigenvalue weighted by Crippen LogP contribution is 2.26. The van der Waals surface area contributed by atoms with Gasteiger partial charge in [0.1, 0.15) is 12.4 Å². The van der Waals surface area contributed by atoms with Crippen LogP contribution in [-0.4, -0.2) is 29.2 Å². The topological polar surface area (TPSA) is 77.2 Å². The van der Waals surface area contributed by atoms with E-state index >= 15 is 0 Å². The second-order valence-electron chi connectivity index (χ2n) is 6.06. The van der Waals surface area contributed by atoms with Gasteiger partial charge in [-0.15, -0.1) is 0 Å². The molecule has 2 heterocycles. The molecule has 0 saturated heterocycles. The van der Waals surface area contributed by atoms with Gasteiger partial charge in [-0.2, -0.15) is 4.98 Å². The molecule has 0 radical (unpaired) electrons. The molecule has 2 aromatic rings. The summed E-state index contributed by atoms with van der Waals surface area (Å²) in [6.07, 6.45) is 1.25. The lowest BCUT2D eigenvalue weighted by molar-refractivity contribution is -0.126. The van der Waals surface area contributed by atoms with E-state index < -0.39 is 0 Å². The largest absolute Gasteiger partial charge is 0.492 e. The van der Waals surface area contributed by atoms with Gasteiger partial charge in [0.25, 0.3) is 0 Å². The van der Waals surface area contributed by atoms with E-state index in [9.17, 15) is 4.79 Å². The molecule has 23 heavy (non-hydrogen) atoms. The third-order valence-electron chi connectivity index (χ3n) is 3.89. The SMILES string of the molecule is CC(C)c1noc(CCNC(=O)[C@@H]2COc3ccccc3C2)n1. The van der Waals surface area contributed by atoms with Crippen molar-refractivity contribution in [1.29, 1.82) is 0 Å². The van der Waals surface area contributed by atoms with Crippen molar-refractivity contribution in [3.8, 4) is 5.75 Å². The van der Waals surface area contributed by atoms with Crippen LogP contribution < -0.4 is 10.1 Å². The van der Waals surface area contributed by atoms with Gasteiger partial charge >= 0.3 is 0 Å². The number of benzene rings is 1. The van der Waals surface area contributed by atoms with Gasteiger partial charge in [-0.3, -0.25) is 4.79 Å². The van der Waals surface area contributed by atoms with Crippen molar-refractivity contribution in [2.24, 2.45) is 5.92 Å². The standard InChI is InChI=1S/C17H21N3O3/c1-11(2)16-19-15(23-20-16)7-8-18-17(21)13-9-12-5-3-4-6-14(12)22-10-13/h3-6,11,13H,7-10H2,1-2H3,(H,18,21)/t13-/m0/s1. The molecule has 0 saturated carbocycles. The summed E-state index contributed by atoms with van der Waals surface area (Å²) in [5.41, 5.74) is 1.08. The molecule has 0 spiro atoms. The fraction of sp³-hybridized carbons (Fsp3) is 0.471. The highest BCUT2D eigenvalue weighted by Gasteiger charge is 2.25. The zero-order valence-corrected chi connectivity index (χ0v) is 13.4. The smallest absolute Gasteiger partial charge is 0.228 e. The van der Waals surface area contributed by atoms with Crippen molar-refractivity contribution in [2.75, 3.05) is 13.2 Å². The van der Waals surface area contributed by atoms with E-state index in [4.69, 9.17) is 9.26 Å². The molecule has 1 N–H and O–H groups in total. The number of nitrogens with zero attached hydrogens (tertiary/aromatic N) is 2. The van der Waals surface area contributed by atoms with Crippen molar-refractivity contribution < 1.29 is 14.1 Å². The Kier molecular flexibility index (Phi) is 4.60. The van der Waals surface area contributed by atoms with Crippen LogP contribution in [0.1, 0.15) is 37.0 Å². The fourth-order valence-electron chi connectivity index (χ4n) is 2.54. The molecule has 3 rings (SSSR count). The summed E-state index contributed by atoms with van der Waals surface area (Å²) in [6, 6.07) is 7.84. The number of para-hydroxylation sites is 1. The molecule has 1 aromatic carbocycles. The summed E-state index contributed by atoms with van der Waals surface area (Å²) >= 11 is 0. The number of fused-ring (bicyclic) bond motifs is 1. The van der Waals surface area contributed by atoms with Crippen LogP contribution in [0.15, 0.2) is 28.8 Å². The monoisotopic (exact) mass is 315 g/mol. The molecule has 1 aliphatic heterocycles. The number of hydrogen-bond donors (Lipinski definition) is 1. The van der Waals surface area contributed by atoms with E-state index in [0.717, 1.165) is 11.3 Å². The Morgan fingerprint density at radius 1 is 1.39 bits per heavy atom.